The zero-order valence-corrected chi connectivity index (χ0v) is 12.6. The first-order valence-corrected chi connectivity index (χ1v) is 7.48. The quantitative estimate of drug-likeness (QED) is 0.871. The Morgan fingerprint density at radius 2 is 1.85 bits per heavy atom. The minimum atomic E-state index is -0.408. The van der Waals surface area contributed by atoms with Crippen molar-refractivity contribution in [2.45, 2.75) is 64.0 Å². The molecular weight excluding hydrogens is 250 g/mol. The summed E-state index contributed by atoms with van der Waals surface area (Å²) >= 11 is 0. The summed E-state index contributed by atoms with van der Waals surface area (Å²) in [4.78, 5) is 12.5. The predicted molar refractivity (Wildman–Crippen MR) is 80.9 cm³/mol. The van der Waals surface area contributed by atoms with Gasteiger partial charge in [0.1, 0.15) is 0 Å². The summed E-state index contributed by atoms with van der Waals surface area (Å²) in [5.74, 6) is -0.0681. The maximum absolute atomic E-state index is 12.5. The monoisotopic (exact) mass is 275 g/mol. The van der Waals surface area contributed by atoms with E-state index in [-0.39, 0.29) is 17.4 Å². The topological polar surface area (TPSA) is 49.3 Å². The number of aliphatic hydroxyl groups is 1. The van der Waals surface area contributed by atoms with E-state index in [0.717, 1.165) is 36.8 Å². The lowest BCUT2D eigenvalue weighted by atomic mass is 9.83. The van der Waals surface area contributed by atoms with Gasteiger partial charge in [0.2, 0.25) is 0 Å². The summed E-state index contributed by atoms with van der Waals surface area (Å²) in [7, 11) is 0. The Kier molecular flexibility index (Phi) is 4.48. The third-order valence-corrected chi connectivity index (χ3v) is 4.03. The van der Waals surface area contributed by atoms with Gasteiger partial charge in [-0.15, -0.1) is 0 Å². The van der Waals surface area contributed by atoms with Gasteiger partial charge in [0.25, 0.3) is 5.91 Å². The van der Waals surface area contributed by atoms with Gasteiger partial charge in [-0.3, -0.25) is 4.79 Å². The molecule has 1 saturated carbocycles. The van der Waals surface area contributed by atoms with E-state index < -0.39 is 6.10 Å². The van der Waals surface area contributed by atoms with Crippen LogP contribution in [0.2, 0.25) is 0 Å². The summed E-state index contributed by atoms with van der Waals surface area (Å²) in [5, 5.41) is 13.0. The van der Waals surface area contributed by atoms with Gasteiger partial charge in [0, 0.05) is 5.56 Å². The van der Waals surface area contributed by atoms with Gasteiger partial charge in [-0.25, -0.2) is 0 Å². The molecule has 1 aromatic rings. The first kappa shape index (κ1) is 15.0. The van der Waals surface area contributed by atoms with Crippen molar-refractivity contribution >= 4 is 5.91 Å². The number of hydrogen-bond acceptors (Lipinski definition) is 2. The zero-order chi connectivity index (χ0) is 14.8. The molecule has 2 atom stereocenters. The van der Waals surface area contributed by atoms with E-state index in [9.17, 15) is 9.90 Å². The maximum Gasteiger partial charge on any atom is 0.251 e. The Bertz CT molecular complexity index is 476. The molecule has 3 heteroatoms. The molecule has 0 aromatic heterocycles. The van der Waals surface area contributed by atoms with Gasteiger partial charge in [0.15, 0.2) is 0 Å². The lowest BCUT2D eigenvalue weighted by Gasteiger charge is -2.29. The third kappa shape index (κ3) is 3.40. The number of aliphatic hydroxyl groups excluding tert-OH is 1. The van der Waals surface area contributed by atoms with Gasteiger partial charge in [0.05, 0.1) is 12.1 Å². The van der Waals surface area contributed by atoms with Gasteiger partial charge in [-0.2, -0.15) is 0 Å². The highest BCUT2D eigenvalue weighted by Gasteiger charge is 2.27. The Balaban J connectivity index is 2.17. The Morgan fingerprint density at radius 1 is 1.20 bits per heavy atom. The van der Waals surface area contributed by atoms with Crippen molar-refractivity contribution in [2.75, 3.05) is 0 Å². The average Bonchev–Trinajstić information content (AvgIpc) is 2.40. The Hall–Kier alpha value is -1.35. The highest BCUT2D eigenvalue weighted by atomic mass is 16.3. The highest BCUT2D eigenvalue weighted by molar-refractivity contribution is 5.96. The van der Waals surface area contributed by atoms with Crippen LogP contribution in [-0.4, -0.2) is 23.2 Å². The van der Waals surface area contributed by atoms with E-state index >= 15 is 0 Å². The second-order valence-corrected chi connectivity index (χ2v) is 6.73. The molecule has 0 heterocycles. The molecule has 2 N–H and O–H groups in total. The van der Waals surface area contributed by atoms with E-state index in [1.54, 1.807) is 0 Å². The average molecular weight is 275 g/mol. The molecule has 3 nitrogen and oxygen atoms in total. The van der Waals surface area contributed by atoms with Crippen molar-refractivity contribution in [1.29, 1.82) is 0 Å². The molecule has 20 heavy (non-hydrogen) atoms. The van der Waals surface area contributed by atoms with Crippen LogP contribution in [0, 0.1) is 0 Å². The summed E-state index contributed by atoms with van der Waals surface area (Å²) < 4.78 is 0. The number of rotatable bonds is 2. The van der Waals surface area contributed by atoms with Crippen molar-refractivity contribution < 1.29 is 9.90 Å². The summed E-state index contributed by atoms with van der Waals surface area (Å²) in [5.41, 5.74) is 1.69. The molecule has 110 valence electrons. The number of amides is 1. The van der Waals surface area contributed by atoms with Crippen LogP contribution in [0.25, 0.3) is 0 Å². The van der Waals surface area contributed by atoms with Crippen LogP contribution >= 0.6 is 0 Å². The minimum Gasteiger partial charge on any atom is -0.391 e. The fraction of sp³-hybridized carbons (Fsp3) is 0.588. The number of nitrogens with one attached hydrogen (secondary N) is 1. The van der Waals surface area contributed by atoms with E-state index in [0.29, 0.717) is 0 Å². The second-order valence-electron chi connectivity index (χ2n) is 6.73. The normalized spacial score (nSPS) is 23.4. The lowest BCUT2D eigenvalue weighted by molar-refractivity contribution is 0.0716. The molecular formula is C17H25NO2. The van der Waals surface area contributed by atoms with Crippen LogP contribution in [-0.2, 0) is 5.41 Å². The van der Waals surface area contributed by atoms with E-state index in [2.05, 4.69) is 26.1 Å². The van der Waals surface area contributed by atoms with E-state index in [4.69, 9.17) is 0 Å². The standard InChI is InChI=1S/C17H25NO2/c1-17(2,3)13-9-5-4-8-12(13)16(20)18-14-10-6-7-11-15(14)19/h4-5,8-9,14-15,19H,6-7,10-11H2,1-3H3,(H,18,20)/t14-,15-/m1/s1. The molecule has 0 spiro atoms. The van der Waals surface area contributed by atoms with Gasteiger partial charge < -0.3 is 10.4 Å². The minimum absolute atomic E-state index is 0.0681. The van der Waals surface area contributed by atoms with Crippen LogP contribution in [0.1, 0.15) is 62.4 Å². The summed E-state index contributed by atoms with van der Waals surface area (Å²) in [6, 6.07) is 7.62. The smallest absolute Gasteiger partial charge is 0.251 e. The Labute approximate surface area is 121 Å². The first-order valence-electron chi connectivity index (χ1n) is 7.48. The second kappa shape index (κ2) is 5.96. The molecule has 2 rings (SSSR count). The fourth-order valence-corrected chi connectivity index (χ4v) is 2.86. The van der Waals surface area contributed by atoms with Crippen molar-refractivity contribution in [3.05, 3.63) is 35.4 Å². The first-order chi connectivity index (χ1) is 9.39. The zero-order valence-electron chi connectivity index (χ0n) is 12.6. The highest BCUT2D eigenvalue weighted by Crippen LogP contribution is 2.26. The van der Waals surface area contributed by atoms with Gasteiger partial charge in [-0.1, -0.05) is 51.8 Å². The van der Waals surface area contributed by atoms with Crippen molar-refractivity contribution in [3.63, 3.8) is 0 Å². The number of carbonyl (C=O) groups is 1. The molecule has 0 saturated heterocycles. The van der Waals surface area contributed by atoms with Gasteiger partial charge >= 0.3 is 0 Å². The number of benzene rings is 1. The maximum atomic E-state index is 12.5. The van der Waals surface area contributed by atoms with Crippen LogP contribution < -0.4 is 5.32 Å². The lowest BCUT2D eigenvalue weighted by Crippen LogP contribution is -2.45. The van der Waals surface area contributed by atoms with Crippen LogP contribution in [0.15, 0.2) is 24.3 Å². The molecule has 0 aliphatic heterocycles. The molecule has 0 radical (unpaired) electrons. The van der Waals surface area contributed by atoms with Gasteiger partial charge in [-0.05, 0) is 29.9 Å². The third-order valence-electron chi connectivity index (χ3n) is 4.03. The fourth-order valence-electron chi connectivity index (χ4n) is 2.86. The molecule has 0 bridgehead atoms. The van der Waals surface area contributed by atoms with E-state index in [1.807, 2.05) is 24.3 Å². The SMILES string of the molecule is CC(C)(C)c1ccccc1C(=O)N[C@@H]1CCCC[C@H]1O. The van der Waals surface area contributed by atoms with Crippen molar-refractivity contribution in [2.24, 2.45) is 0 Å². The summed E-state index contributed by atoms with van der Waals surface area (Å²) in [6.45, 7) is 6.32. The molecule has 1 aromatic carbocycles. The molecule has 1 fully saturated rings. The Morgan fingerprint density at radius 3 is 2.50 bits per heavy atom. The number of carbonyl (C=O) groups excluding carboxylic acids is 1. The van der Waals surface area contributed by atoms with Crippen molar-refractivity contribution in [3.8, 4) is 0 Å². The van der Waals surface area contributed by atoms with Crippen LogP contribution in [0.3, 0.4) is 0 Å². The predicted octanol–water partition coefficient (Wildman–Crippen LogP) is 3.02. The molecule has 1 amide bonds. The largest absolute Gasteiger partial charge is 0.391 e. The van der Waals surface area contributed by atoms with Crippen LogP contribution in [0.5, 0.6) is 0 Å². The number of hydrogen-bond donors (Lipinski definition) is 2. The summed E-state index contributed by atoms with van der Waals surface area (Å²) in [6.07, 6.45) is 3.36. The van der Waals surface area contributed by atoms with Crippen molar-refractivity contribution in [1.82, 2.24) is 5.32 Å². The van der Waals surface area contributed by atoms with Crippen LogP contribution in [0.4, 0.5) is 0 Å². The molecule has 0 unspecified atom stereocenters. The molecule has 1 aliphatic rings. The molecule has 1 aliphatic carbocycles. The van der Waals surface area contributed by atoms with E-state index in [1.165, 1.54) is 0 Å².